The number of methoxy groups -OCH3 is 1. The van der Waals surface area contributed by atoms with Crippen LogP contribution in [0.1, 0.15) is 32.6 Å². The molecule has 0 saturated carbocycles. The fraction of sp³-hybridized carbons (Fsp3) is 0.667. The van der Waals surface area contributed by atoms with Crippen molar-refractivity contribution < 1.29 is 9.47 Å². The second-order valence-electron chi connectivity index (χ2n) is 2.66. The van der Waals surface area contributed by atoms with Crippen molar-refractivity contribution in [2.24, 2.45) is 0 Å². The first-order chi connectivity index (χ1) is 6.91. The largest absolute Gasteiger partial charge is 0.359 e. The molecular formula is C12H18O2. The maximum Gasteiger partial charge on any atom is 0.146 e. The van der Waals surface area contributed by atoms with Crippen LogP contribution < -0.4 is 0 Å². The van der Waals surface area contributed by atoms with E-state index in [4.69, 9.17) is 9.47 Å². The van der Waals surface area contributed by atoms with Gasteiger partial charge >= 0.3 is 0 Å². The topological polar surface area (TPSA) is 18.5 Å². The lowest BCUT2D eigenvalue weighted by Gasteiger charge is -1.98. The Kier molecular flexibility index (Phi) is 11.2. The Hall–Kier alpha value is -0.960. The van der Waals surface area contributed by atoms with Gasteiger partial charge in [0.15, 0.2) is 0 Å². The fourth-order valence-electron chi connectivity index (χ4n) is 0.787. The van der Waals surface area contributed by atoms with E-state index >= 15 is 0 Å². The molecule has 2 heteroatoms. The third kappa shape index (κ3) is 11.0. The minimum Gasteiger partial charge on any atom is -0.359 e. The molecule has 0 bridgehead atoms. The van der Waals surface area contributed by atoms with Crippen molar-refractivity contribution in [3.63, 3.8) is 0 Å². The van der Waals surface area contributed by atoms with Crippen molar-refractivity contribution in [3.8, 4) is 23.7 Å². The van der Waals surface area contributed by atoms with Gasteiger partial charge in [0, 0.05) is 20.0 Å². The predicted molar refractivity (Wildman–Crippen MR) is 57.5 cm³/mol. The number of ether oxygens (including phenoxy) is 2. The molecule has 0 rings (SSSR count). The summed E-state index contributed by atoms with van der Waals surface area (Å²) in [4.78, 5) is 0. The van der Waals surface area contributed by atoms with E-state index in [0.717, 1.165) is 19.3 Å². The highest BCUT2D eigenvalue weighted by Crippen LogP contribution is 1.88. The lowest BCUT2D eigenvalue weighted by Crippen LogP contribution is -1.97. The first kappa shape index (κ1) is 13.0. The Bertz CT molecular complexity index is 224. The summed E-state index contributed by atoms with van der Waals surface area (Å²) >= 11 is 0. The van der Waals surface area contributed by atoms with Gasteiger partial charge in [0.2, 0.25) is 0 Å². The van der Waals surface area contributed by atoms with Gasteiger partial charge in [0.05, 0.1) is 13.0 Å². The van der Waals surface area contributed by atoms with E-state index in [1.165, 1.54) is 0 Å². The zero-order valence-corrected chi connectivity index (χ0v) is 9.06. The molecule has 0 fully saturated rings. The van der Waals surface area contributed by atoms with Crippen LogP contribution in [0.25, 0.3) is 0 Å². The smallest absolute Gasteiger partial charge is 0.146 e. The number of hydrogen-bond donors (Lipinski definition) is 0. The van der Waals surface area contributed by atoms with Gasteiger partial charge in [0.1, 0.15) is 6.79 Å². The van der Waals surface area contributed by atoms with Crippen LogP contribution >= 0.6 is 0 Å². The lowest BCUT2D eigenvalue weighted by atomic mass is 10.3. The second kappa shape index (κ2) is 12.0. The molecule has 0 heterocycles. The maximum atomic E-state index is 5.11. The molecule has 0 spiro atoms. The molecule has 0 aliphatic carbocycles. The monoisotopic (exact) mass is 194 g/mol. The Morgan fingerprint density at radius 2 is 1.86 bits per heavy atom. The van der Waals surface area contributed by atoms with Gasteiger partial charge in [-0.25, -0.2) is 0 Å². The van der Waals surface area contributed by atoms with Gasteiger partial charge in [-0.05, 0) is 6.42 Å². The molecule has 14 heavy (non-hydrogen) atoms. The van der Waals surface area contributed by atoms with Crippen molar-refractivity contribution in [3.05, 3.63) is 0 Å². The quantitative estimate of drug-likeness (QED) is 0.379. The fourth-order valence-corrected chi connectivity index (χ4v) is 0.787. The van der Waals surface area contributed by atoms with Gasteiger partial charge in [0.25, 0.3) is 0 Å². The van der Waals surface area contributed by atoms with Crippen LogP contribution in [0.3, 0.4) is 0 Å². The van der Waals surface area contributed by atoms with Gasteiger partial charge in [-0.3, -0.25) is 0 Å². The summed E-state index contributed by atoms with van der Waals surface area (Å²) < 4.78 is 9.85. The van der Waals surface area contributed by atoms with E-state index in [-0.39, 0.29) is 0 Å². The van der Waals surface area contributed by atoms with Crippen LogP contribution in [0.4, 0.5) is 0 Å². The summed E-state index contributed by atoms with van der Waals surface area (Å²) in [6.45, 7) is 3.12. The minimum absolute atomic E-state index is 0.370. The molecule has 0 amide bonds. The van der Waals surface area contributed by atoms with Crippen LogP contribution in [-0.4, -0.2) is 20.5 Å². The highest BCUT2D eigenvalue weighted by Gasteiger charge is 1.84. The molecule has 0 aliphatic heterocycles. The van der Waals surface area contributed by atoms with E-state index in [0.29, 0.717) is 19.8 Å². The number of hydrogen-bond acceptors (Lipinski definition) is 2. The summed E-state index contributed by atoms with van der Waals surface area (Å²) in [5, 5.41) is 0. The van der Waals surface area contributed by atoms with Crippen molar-refractivity contribution in [1.29, 1.82) is 0 Å². The van der Waals surface area contributed by atoms with E-state index in [9.17, 15) is 0 Å². The van der Waals surface area contributed by atoms with Crippen molar-refractivity contribution in [1.82, 2.24) is 0 Å². The van der Waals surface area contributed by atoms with Crippen molar-refractivity contribution in [2.75, 3.05) is 20.5 Å². The summed E-state index contributed by atoms with van der Waals surface area (Å²) in [7, 11) is 1.62. The molecular weight excluding hydrogens is 176 g/mol. The molecule has 0 aromatic rings. The standard InChI is InChI=1S/C12H18O2/c1-3-4-5-6-7-8-9-10-11-14-12-13-2/h3,6,9-12H2,1-2H3. The van der Waals surface area contributed by atoms with Crippen molar-refractivity contribution >= 4 is 0 Å². The number of rotatable bonds is 5. The van der Waals surface area contributed by atoms with Crippen LogP contribution in [-0.2, 0) is 9.47 Å². The van der Waals surface area contributed by atoms with E-state index in [1.54, 1.807) is 7.11 Å². The van der Waals surface area contributed by atoms with Crippen molar-refractivity contribution in [2.45, 2.75) is 32.6 Å². The lowest BCUT2D eigenvalue weighted by molar-refractivity contribution is -0.0307. The molecule has 78 valence electrons. The Balaban J connectivity index is 3.17. The summed E-state index contributed by atoms with van der Waals surface area (Å²) in [6.07, 6.45) is 3.42. The molecule has 0 atom stereocenters. The zero-order valence-electron chi connectivity index (χ0n) is 9.06. The van der Waals surface area contributed by atoms with Crippen LogP contribution in [0.5, 0.6) is 0 Å². The van der Waals surface area contributed by atoms with Gasteiger partial charge in [-0.15, -0.1) is 11.8 Å². The first-order valence-electron chi connectivity index (χ1n) is 4.90. The third-order valence-corrected chi connectivity index (χ3v) is 1.40. The molecule has 0 radical (unpaired) electrons. The zero-order chi connectivity index (χ0) is 10.5. The summed E-state index contributed by atoms with van der Waals surface area (Å²) in [5.41, 5.74) is 0. The average molecular weight is 194 g/mol. The Morgan fingerprint density at radius 1 is 1.07 bits per heavy atom. The molecule has 0 saturated heterocycles. The highest BCUT2D eigenvalue weighted by atomic mass is 16.7. The van der Waals surface area contributed by atoms with Crippen LogP contribution in [0, 0.1) is 23.7 Å². The van der Waals surface area contributed by atoms with E-state index in [1.807, 2.05) is 6.92 Å². The normalized spacial score (nSPS) is 8.43. The molecule has 2 nitrogen and oxygen atoms in total. The van der Waals surface area contributed by atoms with Gasteiger partial charge in [-0.2, -0.15) is 0 Å². The second-order valence-corrected chi connectivity index (χ2v) is 2.66. The molecule has 0 unspecified atom stereocenters. The first-order valence-corrected chi connectivity index (χ1v) is 4.90. The summed E-state index contributed by atoms with van der Waals surface area (Å²) in [6, 6.07) is 0. The molecule has 0 aromatic heterocycles. The average Bonchev–Trinajstić information content (AvgIpc) is 2.21. The molecule has 0 aliphatic rings. The third-order valence-electron chi connectivity index (χ3n) is 1.40. The highest BCUT2D eigenvalue weighted by molar-refractivity contribution is 5.11. The Labute approximate surface area is 87.0 Å². The Morgan fingerprint density at radius 3 is 2.57 bits per heavy atom. The minimum atomic E-state index is 0.370. The summed E-state index contributed by atoms with van der Waals surface area (Å²) in [5.74, 6) is 12.0. The van der Waals surface area contributed by atoms with Crippen LogP contribution in [0.15, 0.2) is 0 Å². The number of unbranched alkanes of at least 4 members (excludes halogenated alkanes) is 1. The van der Waals surface area contributed by atoms with Gasteiger partial charge < -0.3 is 9.47 Å². The molecule has 0 aromatic carbocycles. The SMILES string of the molecule is CCC#CCC#CCCCOCOC. The van der Waals surface area contributed by atoms with Crippen LogP contribution in [0.2, 0.25) is 0 Å². The molecule has 0 N–H and O–H groups in total. The van der Waals surface area contributed by atoms with E-state index in [2.05, 4.69) is 23.7 Å². The predicted octanol–water partition coefficient (Wildman–Crippen LogP) is 2.19. The van der Waals surface area contributed by atoms with E-state index < -0.39 is 0 Å². The maximum absolute atomic E-state index is 5.11. The van der Waals surface area contributed by atoms with Gasteiger partial charge in [-0.1, -0.05) is 18.8 Å².